The topological polar surface area (TPSA) is 48.6 Å². The van der Waals surface area contributed by atoms with E-state index in [2.05, 4.69) is 378 Å². The van der Waals surface area contributed by atoms with E-state index in [1.807, 2.05) is 0 Å². The van der Waals surface area contributed by atoms with E-state index >= 15 is 0 Å². The molecule has 8 spiro atoms. The smallest absolute Gasteiger partial charge is 0.0212 e. The third kappa shape index (κ3) is 38.2. The van der Waals surface area contributed by atoms with Gasteiger partial charge in [-0.25, -0.2) is 0 Å². The van der Waals surface area contributed by atoms with Gasteiger partial charge in [-0.2, -0.15) is 0 Å². The van der Waals surface area contributed by atoms with Gasteiger partial charge < -0.3 is 29.4 Å². The first kappa shape index (κ1) is 133. The third-order valence-corrected chi connectivity index (χ3v) is 44.7. The molecule has 150 heavy (non-hydrogen) atoms. The summed E-state index contributed by atoms with van der Waals surface area (Å²) in [6, 6.07) is 11.2. The second kappa shape index (κ2) is 59.2. The Balaban J connectivity index is 0.000000183. The van der Waals surface area contributed by atoms with Gasteiger partial charge in [0.2, 0.25) is 0 Å². The highest BCUT2D eigenvalue weighted by atomic mass is 15.3. The van der Waals surface area contributed by atoms with Crippen LogP contribution in [0.15, 0.2) is 0 Å². The van der Waals surface area contributed by atoms with Crippen molar-refractivity contribution in [2.45, 2.75) is 549 Å². The van der Waals surface area contributed by atoms with Gasteiger partial charge in [-0.1, -0.05) is 96.9 Å². The molecule has 14 heterocycles. The highest BCUT2D eigenvalue weighted by Crippen LogP contribution is 2.59. The lowest BCUT2D eigenvalue weighted by Gasteiger charge is -2.62. The van der Waals surface area contributed by atoms with Gasteiger partial charge in [-0.3, -0.25) is 44.1 Å². The molecule has 19 fully saturated rings. The number of piperidine rings is 6. The summed E-state index contributed by atoms with van der Waals surface area (Å²) in [5.74, 6) is 13.5. The van der Waals surface area contributed by atoms with E-state index < -0.39 is 0 Å². The van der Waals surface area contributed by atoms with Gasteiger partial charge in [0.15, 0.2) is 0 Å². The molecule has 0 aromatic heterocycles. The number of nitrogens with zero attached hydrogens (tertiary/aromatic N) is 15. The van der Waals surface area contributed by atoms with Gasteiger partial charge >= 0.3 is 0 Å². The monoisotopic (exact) mass is 2100 g/mol. The highest BCUT2D eigenvalue weighted by molar-refractivity contribution is 5.11. The zero-order valence-corrected chi connectivity index (χ0v) is 110. The Bertz CT molecular complexity index is 2970. The molecular weight excluding hydrogens is 1830 g/mol. The summed E-state index contributed by atoms with van der Waals surface area (Å²) < 4.78 is 0. The van der Waals surface area contributed by atoms with Crippen LogP contribution in [0, 0.1) is 126 Å². The predicted octanol–water partition coefficient (Wildman–Crippen LogP) is 28.9. The van der Waals surface area contributed by atoms with Crippen LogP contribution in [0.3, 0.4) is 0 Å². The number of hydrogen-bond acceptors (Lipinski definition) is 15. The molecular formula is C135H269N15. The van der Waals surface area contributed by atoms with Crippen LogP contribution in [-0.4, -0.2) is 360 Å². The zero-order chi connectivity index (χ0) is 112. The quantitative estimate of drug-likeness (QED) is 0.103. The molecule has 15 nitrogen and oxygen atoms in total. The lowest BCUT2D eigenvalue weighted by molar-refractivity contribution is -0.135. The molecule has 0 unspecified atom stereocenters. The Morgan fingerprint density at radius 3 is 0.407 bits per heavy atom. The standard InChI is InChI=1S/3C14H27N.2C13H26N2.2C12H23N.C11H22N2.2C11H23N.C10H22N2/c2*1-11(2)13-9-14(10-13)5-7-15(8-6-14)12(3)4;1-11(2)13-5-7-14(8-6-13)9-15(10-14)12(3)4;2*1-11(2)14-7-5-13(6-8-14)9-15(10-13)12(3)4;2*1-9(2)11-5-12(6-11)7-13(8-12)10(3)4;1-9(2)12-5-11(6-12)7-13(8-11)10(3)4;3*1-9(2)11-5-7-12(8-6-11)10(3)4/h3*11-13H,5-10H2,1-4H3;2*11-12H,5-10H2,1-4H3;2*9-11H,5-8H2,1-4H3;9-10H,5-8H2,1-4H3;2*9-11H,5-8H2,1-4H3;9-10H,5-8H2,1-4H3. The summed E-state index contributed by atoms with van der Waals surface area (Å²) >= 11 is 0. The van der Waals surface area contributed by atoms with Crippen molar-refractivity contribution < 1.29 is 0 Å². The maximum atomic E-state index is 2.65. The summed E-state index contributed by atoms with van der Waals surface area (Å²) in [6.45, 7) is 143. The van der Waals surface area contributed by atoms with Crippen LogP contribution in [-0.2, 0) is 0 Å². The van der Waals surface area contributed by atoms with Crippen LogP contribution in [0.25, 0.3) is 0 Å². The van der Waals surface area contributed by atoms with Crippen molar-refractivity contribution in [3.63, 3.8) is 0 Å². The minimum atomic E-state index is 0.703. The predicted molar refractivity (Wildman–Crippen MR) is 659 cm³/mol. The van der Waals surface area contributed by atoms with E-state index in [1.165, 1.54) is 350 Å². The van der Waals surface area contributed by atoms with Gasteiger partial charge in [-0.15, -0.1) is 0 Å². The van der Waals surface area contributed by atoms with E-state index in [0.29, 0.717) is 16.2 Å². The average molecular weight is 2100 g/mol. The molecule has 884 valence electrons. The fourth-order valence-electron chi connectivity index (χ4n) is 30.8. The summed E-state index contributed by atoms with van der Waals surface area (Å²) in [7, 11) is 0. The Morgan fingerprint density at radius 1 is 0.113 bits per heavy atom. The van der Waals surface area contributed by atoms with Crippen molar-refractivity contribution >= 4 is 0 Å². The summed E-state index contributed by atoms with van der Waals surface area (Å²) in [4.78, 5) is 39.1. The third-order valence-electron chi connectivity index (χ3n) is 44.7. The van der Waals surface area contributed by atoms with Crippen LogP contribution >= 0.6 is 0 Å². The largest absolute Gasteiger partial charge is 0.301 e. The molecule has 14 saturated heterocycles. The molecule has 0 N–H and O–H groups in total. The summed E-state index contributed by atoms with van der Waals surface area (Å²) in [5.41, 5.74) is 5.97. The lowest BCUT2D eigenvalue weighted by Crippen LogP contribution is -2.73. The first-order valence-corrected chi connectivity index (χ1v) is 66.1. The van der Waals surface area contributed by atoms with Crippen molar-refractivity contribution in [1.82, 2.24) is 73.5 Å². The molecule has 0 atom stereocenters. The number of rotatable bonds is 22. The molecule has 5 saturated carbocycles. The molecule has 0 aromatic rings. The molecule has 0 radical (unpaired) electrons. The fourth-order valence-corrected chi connectivity index (χ4v) is 30.8. The van der Waals surface area contributed by atoms with Gasteiger partial charge in [0.1, 0.15) is 0 Å². The van der Waals surface area contributed by atoms with Crippen molar-refractivity contribution in [3.8, 4) is 0 Å². The van der Waals surface area contributed by atoms with Crippen LogP contribution in [0.2, 0.25) is 0 Å². The SMILES string of the molecule is CC(C)C1CC2(C1)CN(C(C)C)C2.CC(C)C1CC2(C1)CN(C(C)C)C2.CC(C)C1CC2(CCN(C(C)C)CC2)C1.CC(C)C1CC2(CCN(C(C)C)CC2)C1.CC(C)C1CCC2(CC1)CN(C(C)C)C2.CC(C)C1CCN(C(C)C)CC1.CC(C)C1CCN(C(C)C)CC1.CC(C)N1CC2(C1)CN(C(C)C)C2.CC(C)N1CCC2(CC1)CN(C(C)C)C2.CC(C)N1CCC2(CC1)CN(C(C)C)C2.CC(C)N1CCN(C(C)C)CC1. The Hall–Kier alpha value is -0.600. The van der Waals surface area contributed by atoms with E-state index in [9.17, 15) is 0 Å². The summed E-state index contributed by atoms with van der Waals surface area (Å²) in [5, 5.41) is 0. The van der Waals surface area contributed by atoms with Crippen LogP contribution in [0.4, 0.5) is 0 Å². The lowest BCUT2D eigenvalue weighted by atomic mass is 9.55. The maximum absolute atomic E-state index is 2.65. The Labute approximate surface area is 939 Å². The first-order chi connectivity index (χ1) is 70.0. The van der Waals surface area contributed by atoms with Crippen molar-refractivity contribution in [3.05, 3.63) is 0 Å². The molecule has 5 aliphatic carbocycles. The number of hydrogen-bond donors (Lipinski definition) is 0. The normalized spacial score (nSPS) is 28.0. The molecule has 15 heteroatoms. The molecule has 19 rings (SSSR count). The van der Waals surface area contributed by atoms with Gasteiger partial charge in [0.25, 0.3) is 0 Å². The highest BCUT2D eigenvalue weighted by Gasteiger charge is 2.57. The molecule has 14 aliphatic heterocycles. The molecule has 19 aliphatic rings. The van der Waals surface area contributed by atoms with E-state index in [-0.39, 0.29) is 0 Å². The Kier molecular flexibility index (Phi) is 52.4. The second-order valence-corrected chi connectivity index (χ2v) is 62.9. The van der Waals surface area contributed by atoms with Crippen LogP contribution < -0.4 is 0 Å². The van der Waals surface area contributed by atoms with E-state index in [4.69, 9.17) is 0 Å². The van der Waals surface area contributed by atoms with Gasteiger partial charge in [0, 0.05) is 214 Å². The molecule has 0 aromatic carbocycles. The number of piperazine rings is 1. The van der Waals surface area contributed by atoms with Crippen molar-refractivity contribution in [1.29, 1.82) is 0 Å². The van der Waals surface area contributed by atoms with Gasteiger partial charge in [-0.05, 0) is 561 Å². The minimum Gasteiger partial charge on any atom is -0.301 e. The van der Waals surface area contributed by atoms with E-state index in [0.717, 1.165) is 201 Å². The van der Waals surface area contributed by atoms with Crippen molar-refractivity contribution in [2.24, 2.45) is 126 Å². The van der Waals surface area contributed by atoms with Gasteiger partial charge in [0.05, 0.1) is 0 Å². The minimum absolute atomic E-state index is 0.703. The summed E-state index contributed by atoms with van der Waals surface area (Å²) in [6.07, 6.45) is 35.3. The first-order valence-electron chi connectivity index (χ1n) is 66.1. The fraction of sp³-hybridized carbons (Fsp3) is 1.00. The van der Waals surface area contributed by atoms with Crippen LogP contribution in [0.5, 0.6) is 0 Å². The Morgan fingerprint density at radius 2 is 0.240 bits per heavy atom. The number of likely N-dealkylation sites (tertiary alicyclic amines) is 13. The average Bonchev–Trinajstić information content (AvgIpc) is 0.736. The maximum Gasteiger partial charge on any atom is 0.0212 e. The zero-order valence-electron chi connectivity index (χ0n) is 110. The van der Waals surface area contributed by atoms with Crippen LogP contribution in [0.1, 0.15) is 459 Å². The molecule has 0 amide bonds. The van der Waals surface area contributed by atoms with Crippen molar-refractivity contribution in [2.75, 3.05) is 196 Å². The van der Waals surface area contributed by atoms with E-state index in [1.54, 1.807) is 0 Å². The second-order valence-electron chi connectivity index (χ2n) is 62.9. The molecule has 0 bridgehead atoms.